The molecule has 1 aromatic rings. The molecule has 2 rings (SSSR count). The normalized spacial score (nSPS) is 28.6. The second-order valence-electron chi connectivity index (χ2n) is 5.68. The van der Waals surface area contributed by atoms with E-state index >= 15 is 0 Å². The molecule has 1 aliphatic rings. The highest BCUT2D eigenvalue weighted by Crippen LogP contribution is 2.21. The molecule has 0 saturated carbocycles. The summed E-state index contributed by atoms with van der Waals surface area (Å²) in [4.78, 5) is 1.91. The maximum absolute atomic E-state index is 13.8. The third kappa shape index (κ3) is 3.93. The fourth-order valence-electron chi connectivity index (χ4n) is 2.68. The van der Waals surface area contributed by atoms with Crippen molar-refractivity contribution in [3.8, 4) is 0 Å². The highest BCUT2D eigenvalue weighted by Gasteiger charge is 2.34. The summed E-state index contributed by atoms with van der Waals surface area (Å²) < 4.78 is 13.8. The van der Waals surface area contributed by atoms with Crippen LogP contribution in [0, 0.1) is 5.82 Å². The number of likely N-dealkylation sites (tertiary alicyclic amines) is 1. The maximum atomic E-state index is 13.8. The van der Waals surface area contributed by atoms with Crippen LogP contribution in [0.3, 0.4) is 0 Å². The third-order valence-electron chi connectivity index (χ3n) is 4.12. The first-order valence-electron chi connectivity index (χ1n) is 7.11. The van der Waals surface area contributed by atoms with Gasteiger partial charge in [-0.1, -0.05) is 23.7 Å². The molecule has 118 valence electrons. The largest absolute Gasteiger partial charge is 0.389 e. The molecule has 0 spiro atoms. The van der Waals surface area contributed by atoms with Crippen LogP contribution in [-0.4, -0.2) is 57.7 Å². The first-order valence-corrected chi connectivity index (χ1v) is 7.49. The van der Waals surface area contributed by atoms with Crippen molar-refractivity contribution in [2.75, 3.05) is 13.1 Å². The quantitative estimate of drug-likeness (QED) is 0.781. The van der Waals surface area contributed by atoms with Crippen molar-refractivity contribution in [2.24, 2.45) is 0 Å². The van der Waals surface area contributed by atoms with E-state index in [2.05, 4.69) is 0 Å². The van der Waals surface area contributed by atoms with Crippen LogP contribution >= 0.6 is 11.6 Å². The van der Waals surface area contributed by atoms with Gasteiger partial charge in [0.2, 0.25) is 0 Å². The highest BCUT2D eigenvalue weighted by molar-refractivity contribution is 6.30. The first kappa shape index (κ1) is 16.6. The summed E-state index contributed by atoms with van der Waals surface area (Å²) in [5.74, 6) is -0.388. The predicted octanol–water partition coefficient (Wildman–Crippen LogP) is 1.20. The molecule has 1 aliphatic heterocycles. The number of halogens is 2. The average molecular weight is 318 g/mol. The topological polar surface area (TPSA) is 63.9 Å². The SMILES string of the molecule is CC(CCc1cccc(Cl)c1F)N1C[C@@H](O)C(O)[C@@H](O)C1. The van der Waals surface area contributed by atoms with Gasteiger partial charge in [-0.15, -0.1) is 0 Å². The van der Waals surface area contributed by atoms with E-state index in [9.17, 15) is 19.7 Å². The summed E-state index contributed by atoms with van der Waals surface area (Å²) in [5, 5.41) is 29.1. The zero-order valence-corrected chi connectivity index (χ0v) is 12.7. The molecule has 1 fully saturated rings. The minimum atomic E-state index is -1.10. The Morgan fingerprint density at radius 1 is 1.29 bits per heavy atom. The number of hydrogen-bond donors (Lipinski definition) is 3. The summed E-state index contributed by atoms with van der Waals surface area (Å²) in [6, 6.07) is 5.00. The molecule has 1 aromatic carbocycles. The van der Waals surface area contributed by atoms with Crippen molar-refractivity contribution in [2.45, 2.75) is 44.1 Å². The minimum absolute atomic E-state index is 0.0557. The Balaban J connectivity index is 1.93. The Bertz CT molecular complexity index is 476. The van der Waals surface area contributed by atoms with Gasteiger partial charge < -0.3 is 15.3 Å². The van der Waals surface area contributed by atoms with Crippen molar-refractivity contribution in [3.05, 3.63) is 34.6 Å². The monoisotopic (exact) mass is 317 g/mol. The van der Waals surface area contributed by atoms with E-state index in [1.165, 1.54) is 6.07 Å². The van der Waals surface area contributed by atoms with Crippen LogP contribution in [0.4, 0.5) is 4.39 Å². The molecular formula is C15H21ClFNO3. The number of rotatable bonds is 4. The summed E-state index contributed by atoms with van der Waals surface area (Å²) in [7, 11) is 0. The fourth-order valence-corrected chi connectivity index (χ4v) is 2.87. The molecule has 0 aromatic heterocycles. The lowest BCUT2D eigenvalue weighted by molar-refractivity contribution is -0.117. The van der Waals surface area contributed by atoms with E-state index in [0.717, 1.165) is 0 Å². The lowest BCUT2D eigenvalue weighted by Gasteiger charge is -2.40. The Kier molecular flexibility index (Phi) is 5.57. The van der Waals surface area contributed by atoms with Crippen molar-refractivity contribution < 1.29 is 19.7 Å². The van der Waals surface area contributed by atoms with Gasteiger partial charge in [0.1, 0.15) is 11.9 Å². The first-order chi connectivity index (χ1) is 9.90. The summed E-state index contributed by atoms with van der Waals surface area (Å²) >= 11 is 5.75. The molecule has 3 N–H and O–H groups in total. The van der Waals surface area contributed by atoms with E-state index < -0.39 is 18.3 Å². The standard InChI is InChI=1S/C15H21ClFNO3/c1-9(18-7-12(19)15(21)13(20)8-18)5-6-10-3-2-4-11(16)14(10)17/h2-4,9,12-13,15,19-21H,5-8H2,1H3/t9?,12-,13+,15?. The van der Waals surface area contributed by atoms with Gasteiger partial charge in [-0.2, -0.15) is 0 Å². The minimum Gasteiger partial charge on any atom is -0.389 e. The van der Waals surface area contributed by atoms with Gasteiger partial charge in [-0.3, -0.25) is 4.90 Å². The number of aliphatic hydroxyl groups excluding tert-OH is 3. The Morgan fingerprint density at radius 2 is 1.90 bits per heavy atom. The lowest BCUT2D eigenvalue weighted by atomic mass is 9.98. The van der Waals surface area contributed by atoms with E-state index in [-0.39, 0.29) is 16.9 Å². The van der Waals surface area contributed by atoms with Gasteiger partial charge in [0, 0.05) is 19.1 Å². The van der Waals surface area contributed by atoms with Gasteiger partial charge in [0.15, 0.2) is 0 Å². The predicted molar refractivity (Wildman–Crippen MR) is 78.8 cm³/mol. The summed E-state index contributed by atoms with van der Waals surface area (Å²) in [6.45, 7) is 2.56. The summed E-state index contributed by atoms with van der Waals surface area (Å²) in [6.07, 6.45) is -1.82. The number of aliphatic hydroxyl groups is 3. The molecule has 0 bridgehead atoms. The number of benzene rings is 1. The number of β-amino-alcohol motifs (C(OH)–C–C–N with tert-alkyl or cyclic N) is 2. The van der Waals surface area contributed by atoms with Gasteiger partial charge in [0.25, 0.3) is 0 Å². The lowest BCUT2D eigenvalue weighted by Crippen LogP contribution is -2.57. The second-order valence-corrected chi connectivity index (χ2v) is 6.09. The number of hydrogen-bond acceptors (Lipinski definition) is 4. The molecule has 1 saturated heterocycles. The molecule has 1 heterocycles. The second kappa shape index (κ2) is 7.03. The van der Waals surface area contributed by atoms with Crippen LogP contribution in [0.15, 0.2) is 18.2 Å². The number of nitrogens with zero attached hydrogens (tertiary/aromatic N) is 1. The van der Waals surface area contributed by atoms with Crippen LogP contribution in [0.1, 0.15) is 18.9 Å². The highest BCUT2D eigenvalue weighted by atomic mass is 35.5. The van der Waals surface area contributed by atoms with Crippen LogP contribution < -0.4 is 0 Å². The van der Waals surface area contributed by atoms with Gasteiger partial charge in [-0.05, 0) is 31.4 Å². The molecule has 6 heteroatoms. The van der Waals surface area contributed by atoms with Crippen LogP contribution in [-0.2, 0) is 6.42 Å². The Labute approximate surface area is 128 Å². The van der Waals surface area contributed by atoms with Crippen molar-refractivity contribution in [1.29, 1.82) is 0 Å². The zero-order chi connectivity index (χ0) is 15.6. The average Bonchev–Trinajstić information content (AvgIpc) is 2.45. The van der Waals surface area contributed by atoms with Gasteiger partial charge in [0.05, 0.1) is 17.2 Å². The van der Waals surface area contributed by atoms with Gasteiger partial charge in [-0.25, -0.2) is 4.39 Å². The van der Waals surface area contributed by atoms with E-state index in [0.29, 0.717) is 31.5 Å². The molecule has 21 heavy (non-hydrogen) atoms. The molecule has 0 radical (unpaired) electrons. The van der Waals surface area contributed by atoms with E-state index in [1.54, 1.807) is 12.1 Å². The zero-order valence-electron chi connectivity index (χ0n) is 11.9. The van der Waals surface area contributed by atoms with Crippen molar-refractivity contribution >= 4 is 11.6 Å². The fraction of sp³-hybridized carbons (Fsp3) is 0.600. The smallest absolute Gasteiger partial charge is 0.144 e. The molecule has 4 atom stereocenters. The van der Waals surface area contributed by atoms with Crippen LogP contribution in [0.25, 0.3) is 0 Å². The number of aryl methyl sites for hydroxylation is 1. The number of piperidine rings is 1. The Hall–Kier alpha value is -0.720. The molecule has 4 nitrogen and oxygen atoms in total. The van der Waals surface area contributed by atoms with E-state index in [4.69, 9.17) is 11.6 Å². The van der Waals surface area contributed by atoms with Crippen LogP contribution in [0.2, 0.25) is 5.02 Å². The van der Waals surface area contributed by atoms with Gasteiger partial charge >= 0.3 is 0 Å². The maximum Gasteiger partial charge on any atom is 0.144 e. The summed E-state index contributed by atoms with van der Waals surface area (Å²) in [5.41, 5.74) is 0.562. The van der Waals surface area contributed by atoms with E-state index in [1.807, 2.05) is 11.8 Å². The third-order valence-corrected chi connectivity index (χ3v) is 4.41. The molecule has 2 unspecified atom stereocenters. The molecule has 0 amide bonds. The Morgan fingerprint density at radius 3 is 2.52 bits per heavy atom. The van der Waals surface area contributed by atoms with Crippen LogP contribution in [0.5, 0.6) is 0 Å². The van der Waals surface area contributed by atoms with Crippen molar-refractivity contribution in [3.63, 3.8) is 0 Å². The van der Waals surface area contributed by atoms with Crippen molar-refractivity contribution in [1.82, 2.24) is 4.90 Å². The molecule has 0 aliphatic carbocycles. The molecular weight excluding hydrogens is 297 g/mol.